The lowest BCUT2D eigenvalue weighted by Gasteiger charge is -2.08. The fourth-order valence-corrected chi connectivity index (χ4v) is 1.99. The van der Waals surface area contributed by atoms with Crippen molar-refractivity contribution in [1.82, 2.24) is 0 Å². The van der Waals surface area contributed by atoms with Crippen LogP contribution in [0.1, 0.15) is 28.4 Å². The largest absolute Gasteiger partial charge is 0.479 e. The highest BCUT2D eigenvalue weighted by molar-refractivity contribution is 9.10. The smallest absolute Gasteiger partial charge is 0.337 e. The van der Waals surface area contributed by atoms with Crippen LogP contribution in [0.2, 0.25) is 0 Å². The number of hydrogen-bond donors (Lipinski definition) is 2. The van der Waals surface area contributed by atoms with E-state index >= 15 is 0 Å². The van der Waals surface area contributed by atoms with Crippen LogP contribution >= 0.6 is 27.5 Å². The Kier molecular flexibility index (Phi) is 5.11. The Balaban J connectivity index is 3.10. The van der Waals surface area contributed by atoms with Gasteiger partial charge < -0.3 is 10.2 Å². The highest BCUT2D eigenvalue weighted by Gasteiger charge is 2.18. The molecule has 0 saturated heterocycles. The monoisotopic (exact) mass is 320 g/mol. The molecular weight excluding hydrogens is 311 g/mol. The average Bonchev–Trinajstić information content (AvgIpc) is 2.27. The molecule has 1 unspecified atom stereocenters. The zero-order chi connectivity index (χ0) is 13.0. The van der Waals surface area contributed by atoms with Crippen LogP contribution in [0.4, 0.5) is 0 Å². The lowest BCUT2D eigenvalue weighted by atomic mass is 10.0. The molecule has 0 aromatic heterocycles. The number of ketones is 1. The van der Waals surface area contributed by atoms with Gasteiger partial charge in [-0.25, -0.2) is 4.79 Å². The number of benzene rings is 1. The molecule has 1 atom stereocenters. The Morgan fingerprint density at radius 3 is 2.53 bits per heavy atom. The molecule has 0 aliphatic rings. The standard InChI is InChI=1S/C11H10BrClO4/c12-8-4-6(9(14)1-2-13)3-7(5-8)10(15)11(16)17/h3-5,10,15H,1-2H2,(H,16,17). The van der Waals surface area contributed by atoms with Gasteiger partial charge in [-0.3, -0.25) is 4.79 Å². The van der Waals surface area contributed by atoms with Crippen molar-refractivity contribution in [2.75, 3.05) is 5.88 Å². The van der Waals surface area contributed by atoms with Crippen molar-refractivity contribution in [1.29, 1.82) is 0 Å². The molecule has 0 radical (unpaired) electrons. The fraction of sp³-hybridized carbons (Fsp3) is 0.273. The highest BCUT2D eigenvalue weighted by Crippen LogP contribution is 2.22. The van der Waals surface area contributed by atoms with Crippen LogP contribution in [-0.2, 0) is 4.79 Å². The van der Waals surface area contributed by atoms with Gasteiger partial charge in [0.15, 0.2) is 11.9 Å². The Hall–Kier alpha value is -0.910. The number of rotatable bonds is 5. The van der Waals surface area contributed by atoms with E-state index in [2.05, 4.69) is 15.9 Å². The second-order valence-electron chi connectivity index (χ2n) is 3.38. The van der Waals surface area contributed by atoms with Crippen molar-refractivity contribution in [2.24, 2.45) is 0 Å². The summed E-state index contributed by atoms with van der Waals surface area (Å²) in [5.74, 6) is -1.36. The third-order valence-corrected chi connectivity index (χ3v) is 2.76. The summed E-state index contributed by atoms with van der Waals surface area (Å²) in [5, 5.41) is 18.1. The SMILES string of the molecule is O=C(CCCl)c1cc(Br)cc(C(O)C(=O)O)c1. The maximum Gasteiger partial charge on any atom is 0.337 e. The Labute approximate surface area is 111 Å². The molecule has 92 valence electrons. The molecule has 0 aliphatic carbocycles. The molecule has 1 aromatic carbocycles. The number of carbonyl (C=O) groups excluding carboxylic acids is 1. The summed E-state index contributed by atoms with van der Waals surface area (Å²) in [5.41, 5.74) is 0.486. The van der Waals surface area contributed by atoms with Gasteiger partial charge in [-0.1, -0.05) is 15.9 Å². The van der Waals surface area contributed by atoms with Gasteiger partial charge in [-0.2, -0.15) is 0 Å². The number of hydrogen-bond acceptors (Lipinski definition) is 3. The van der Waals surface area contributed by atoms with Gasteiger partial charge in [0.2, 0.25) is 0 Å². The second-order valence-corrected chi connectivity index (χ2v) is 4.67. The van der Waals surface area contributed by atoms with Crippen LogP contribution in [0.15, 0.2) is 22.7 Å². The predicted octanol–water partition coefficient (Wildman–Crippen LogP) is 2.38. The first-order valence-corrected chi connectivity index (χ1v) is 6.09. The van der Waals surface area contributed by atoms with Crippen molar-refractivity contribution in [3.8, 4) is 0 Å². The van der Waals surface area contributed by atoms with Gasteiger partial charge in [0, 0.05) is 22.3 Å². The summed E-state index contributed by atoms with van der Waals surface area (Å²) in [6, 6.07) is 4.38. The number of carboxylic acid groups (broad SMARTS) is 1. The first-order chi connectivity index (χ1) is 7.95. The van der Waals surface area contributed by atoms with E-state index < -0.39 is 12.1 Å². The topological polar surface area (TPSA) is 74.6 Å². The van der Waals surface area contributed by atoms with Crippen LogP contribution in [-0.4, -0.2) is 27.8 Å². The molecule has 17 heavy (non-hydrogen) atoms. The van der Waals surface area contributed by atoms with Crippen LogP contribution < -0.4 is 0 Å². The highest BCUT2D eigenvalue weighted by atomic mass is 79.9. The van der Waals surface area contributed by atoms with Gasteiger partial charge in [-0.05, 0) is 23.8 Å². The van der Waals surface area contributed by atoms with E-state index in [0.717, 1.165) is 0 Å². The third-order valence-electron chi connectivity index (χ3n) is 2.11. The summed E-state index contributed by atoms with van der Waals surface area (Å²) >= 11 is 8.62. The lowest BCUT2D eigenvalue weighted by molar-refractivity contribution is -0.146. The molecule has 0 saturated carbocycles. The molecule has 0 aliphatic heterocycles. The normalized spacial score (nSPS) is 12.2. The molecule has 6 heteroatoms. The van der Waals surface area contributed by atoms with E-state index in [1.165, 1.54) is 12.1 Å². The number of halogens is 2. The maximum atomic E-state index is 11.6. The first kappa shape index (κ1) is 14.2. The summed E-state index contributed by atoms with van der Waals surface area (Å²) < 4.78 is 0.535. The third kappa shape index (κ3) is 3.80. The summed E-state index contributed by atoms with van der Waals surface area (Å²) in [6.45, 7) is 0. The van der Waals surface area contributed by atoms with Crippen molar-refractivity contribution < 1.29 is 19.8 Å². The number of Topliss-reactive ketones (excluding diaryl/α,β-unsaturated/α-hetero) is 1. The lowest BCUT2D eigenvalue weighted by Crippen LogP contribution is -2.11. The Morgan fingerprint density at radius 2 is 2.00 bits per heavy atom. The van der Waals surface area contributed by atoms with E-state index in [-0.39, 0.29) is 23.6 Å². The fourth-order valence-electron chi connectivity index (χ4n) is 1.30. The van der Waals surface area contributed by atoms with E-state index in [4.69, 9.17) is 16.7 Å². The van der Waals surface area contributed by atoms with Crippen LogP contribution in [0, 0.1) is 0 Å². The van der Waals surface area contributed by atoms with Crippen LogP contribution in [0.3, 0.4) is 0 Å². The van der Waals surface area contributed by atoms with Gasteiger partial charge in [0.05, 0.1) is 0 Å². The number of alkyl halides is 1. The predicted molar refractivity (Wildman–Crippen MR) is 66.4 cm³/mol. The van der Waals surface area contributed by atoms with Crippen molar-refractivity contribution in [3.05, 3.63) is 33.8 Å². The summed E-state index contributed by atoms with van der Waals surface area (Å²) in [4.78, 5) is 22.3. The molecular formula is C11H10BrClO4. The van der Waals surface area contributed by atoms with Crippen LogP contribution in [0.25, 0.3) is 0 Å². The number of aliphatic carboxylic acids is 1. The molecule has 1 aromatic rings. The Morgan fingerprint density at radius 1 is 1.35 bits per heavy atom. The van der Waals surface area contributed by atoms with E-state index in [1.54, 1.807) is 6.07 Å². The average molecular weight is 322 g/mol. The maximum absolute atomic E-state index is 11.6. The molecule has 0 heterocycles. The molecule has 0 fully saturated rings. The van der Waals surface area contributed by atoms with Crippen molar-refractivity contribution >= 4 is 39.3 Å². The quantitative estimate of drug-likeness (QED) is 0.645. The minimum absolute atomic E-state index is 0.157. The number of aliphatic hydroxyl groups excluding tert-OH is 1. The first-order valence-electron chi connectivity index (χ1n) is 4.76. The zero-order valence-corrected chi connectivity index (χ0v) is 11.0. The minimum atomic E-state index is -1.64. The number of carbonyl (C=O) groups is 2. The number of aliphatic hydroxyl groups is 1. The van der Waals surface area contributed by atoms with E-state index in [9.17, 15) is 14.7 Å². The molecule has 2 N–H and O–H groups in total. The minimum Gasteiger partial charge on any atom is -0.479 e. The van der Waals surface area contributed by atoms with Crippen molar-refractivity contribution in [2.45, 2.75) is 12.5 Å². The molecule has 1 rings (SSSR count). The second kappa shape index (κ2) is 6.14. The van der Waals surface area contributed by atoms with Gasteiger partial charge in [-0.15, -0.1) is 11.6 Å². The van der Waals surface area contributed by atoms with Gasteiger partial charge >= 0.3 is 5.97 Å². The summed E-state index contributed by atoms with van der Waals surface area (Å²) in [6.07, 6.45) is -1.48. The molecule has 0 bridgehead atoms. The molecule has 0 amide bonds. The van der Waals surface area contributed by atoms with Gasteiger partial charge in [0.1, 0.15) is 0 Å². The van der Waals surface area contributed by atoms with Crippen LogP contribution in [0.5, 0.6) is 0 Å². The van der Waals surface area contributed by atoms with Crippen molar-refractivity contribution in [3.63, 3.8) is 0 Å². The van der Waals surface area contributed by atoms with Gasteiger partial charge in [0.25, 0.3) is 0 Å². The Bertz CT molecular complexity index is 447. The molecule has 0 spiro atoms. The summed E-state index contributed by atoms with van der Waals surface area (Å²) in [7, 11) is 0. The number of carboxylic acids is 1. The zero-order valence-electron chi connectivity index (χ0n) is 8.69. The van der Waals surface area contributed by atoms with E-state index in [0.29, 0.717) is 10.0 Å². The molecule has 4 nitrogen and oxygen atoms in total. The van der Waals surface area contributed by atoms with E-state index in [1.807, 2.05) is 0 Å².